The van der Waals surface area contributed by atoms with Gasteiger partial charge in [0.25, 0.3) is 5.91 Å². The van der Waals surface area contributed by atoms with Crippen LogP contribution in [0.2, 0.25) is 0 Å². The molecule has 0 saturated carbocycles. The summed E-state index contributed by atoms with van der Waals surface area (Å²) >= 11 is 0. The molecule has 1 aliphatic heterocycles. The Morgan fingerprint density at radius 1 is 1.47 bits per heavy atom. The summed E-state index contributed by atoms with van der Waals surface area (Å²) in [6.45, 7) is 7.58. The number of nitrogen functional groups attached to an aromatic ring is 1. The fourth-order valence-electron chi connectivity index (χ4n) is 2.72. The van der Waals surface area contributed by atoms with Gasteiger partial charge in [0.2, 0.25) is 0 Å². The number of carbonyl (C=O) groups excluding carboxylic acids is 1. The smallest absolute Gasteiger partial charge is 0.254 e. The third kappa shape index (κ3) is 2.83. The van der Waals surface area contributed by atoms with Crippen LogP contribution >= 0.6 is 0 Å². The second kappa shape index (κ2) is 5.51. The molecule has 1 aromatic rings. The molecule has 19 heavy (non-hydrogen) atoms. The SMILES string of the molecule is CCOc1ccc(C(=O)N2CC(C)CC2C)cc1N. The first-order valence-corrected chi connectivity index (χ1v) is 6.86. The fourth-order valence-corrected chi connectivity index (χ4v) is 2.72. The van der Waals surface area contributed by atoms with Crippen LogP contribution in [-0.2, 0) is 0 Å². The highest BCUT2D eigenvalue weighted by molar-refractivity contribution is 5.95. The summed E-state index contributed by atoms with van der Waals surface area (Å²) in [5.74, 6) is 1.27. The van der Waals surface area contributed by atoms with Crippen molar-refractivity contribution < 1.29 is 9.53 Å². The van der Waals surface area contributed by atoms with Crippen molar-refractivity contribution in [3.05, 3.63) is 23.8 Å². The van der Waals surface area contributed by atoms with Gasteiger partial charge in [-0.25, -0.2) is 0 Å². The Morgan fingerprint density at radius 2 is 2.21 bits per heavy atom. The number of rotatable bonds is 3. The van der Waals surface area contributed by atoms with Crippen molar-refractivity contribution in [2.24, 2.45) is 5.92 Å². The number of nitrogens with zero attached hydrogens (tertiary/aromatic N) is 1. The molecule has 104 valence electrons. The average molecular weight is 262 g/mol. The largest absolute Gasteiger partial charge is 0.492 e. The van der Waals surface area contributed by atoms with Crippen molar-refractivity contribution in [1.82, 2.24) is 4.90 Å². The molecule has 1 amide bonds. The third-order valence-corrected chi connectivity index (χ3v) is 3.60. The third-order valence-electron chi connectivity index (χ3n) is 3.60. The van der Waals surface area contributed by atoms with E-state index in [9.17, 15) is 4.79 Å². The molecule has 4 nitrogen and oxygen atoms in total. The lowest BCUT2D eigenvalue weighted by Gasteiger charge is -2.22. The highest BCUT2D eigenvalue weighted by atomic mass is 16.5. The maximum Gasteiger partial charge on any atom is 0.254 e. The topological polar surface area (TPSA) is 55.6 Å². The van der Waals surface area contributed by atoms with E-state index in [-0.39, 0.29) is 5.91 Å². The zero-order valence-electron chi connectivity index (χ0n) is 11.8. The van der Waals surface area contributed by atoms with Crippen LogP contribution in [0, 0.1) is 5.92 Å². The lowest BCUT2D eigenvalue weighted by atomic mass is 10.1. The van der Waals surface area contributed by atoms with Gasteiger partial charge in [-0.3, -0.25) is 4.79 Å². The van der Waals surface area contributed by atoms with Gasteiger partial charge in [-0.2, -0.15) is 0 Å². The second-order valence-electron chi connectivity index (χ2n) is 5.33. The molecule has 1 aliphatic rings. The number of hydrogen-bond acceptors (Lipinski definition) is 3. The van der Waals surface area contributed by atoms with Gasteiger partial charge in [0.1, 0.15) is 5.75 Å². The molecule has 4 heteroatoms. The van der Waals surface area contributed by atoms with Crippen LogP contribution in [0.1, 0.15) is 37.6 Å². The zero-order chi connectivity index (χ0) is 14.0. The van der Waals surface area contributed by atoms with Gasteiger partial charge in [-0.1, -0.05) is 6.92 Å². The molecule has 0 aromatic heterocycles. The highest BCUT2D eigenvalue weighted by Crippen LogP contribution is 2.27. The number of carbonyl (C=O) groups is 1. The Labute approximate surface area is 114 Å². The molecule has 1 fully saturated rings. The van der Waals surface area contributed by atoms with E-state index in [1.807, 2.05) is 11.8 Å². The highest BCUT2D eigenvalue weighted by Gasteiger charge is 2.30. The van der Waals surface area contributed by atoms with Crippen molar-refractivity contribution in [3.8, 4) is 5.75 Å². The summed E-state index contributed by atoms with van der Waals surface area (Å²) in [4.78, 5) is 14.4. The number of hydrogen-bond donors (Lipinski definition) is 1. The lowest BCUT2D eigenvalue weighted by Crippen LogP contribution is -2.33. The summed E-state index contributed by atoms with van der Waals surface area (Å²) < 4.78 is 5.39. The first-order valence-electron chi connectivity index (χ1n) is 6.86. The number of likely N-dealkylation sites (tertiary alicyclic amines) is 1. The molecule has 1 saturated heterocycles. The van der Waals surface area contributed by atoms with Crippen LogP contribution in [0.3, 0.4) is 0 Å². The Balaban J connectivity index is 2.18. The van der Waals surface area contributed by atoms with Gasteiger partial charge < -0.3 is 15.4 Å². The van der Waals surface area contributed by atoms with Gasteiger partial charge in [0.05, 0.1) is 12.3 Å². The van der Waals surface area contributed by atoms with Gasteiger partial charge >= 0.3 is 0 Å². The normalized spacial score (nSPS) is 22.6. The molecule has 0 bridgehead atoms. The van der Waals surface area contributed by atoms with Crippen LogP contribution in [0.15, 0.2) is 18.2 Å². The molecule has 2 atom stereocenters. The fraction of sp³-hybridized carbons (Fsp3) is 0.533. The molecule has 0 aliphatic carbocycles. The van der Waals surface area contributed by atoms with Gasteiger partial charge in [0.15, 0.2) is 0 Å². The number of amides is 1. The van der Waals surface area contributed by atoms with Crippen LogP contribution in [0.5, 0.6) is 5.75 Å². The summed E-state index contributed by atoms with van der Waals surface area (Å²) in [6.07, 6.45) is 1.07. The van der Waals surface area contributed by atoms with Gasteiger partial charge in [-0.05, 0) is 44.4 Å². The zero-order valence-corrected chi connectivity index (χ0v) is 11.8. The van der Waals surface area contributed by atoms with E-state index in [4.69, 9.17) is 10.5 Å². The summed E-state index contributed by atoms with van der Waals surface area (Å²) in [7, 11) is 0. The van der Waals surface area contributed by atoms with Crippen molar-refractivity contribution in [3.63, 3.8) is 0 Å². The van der Waals surface area contributed by atoms with E-state index in [0.29, 0.717) is 35.6 Å². The van der Waals surface area contributed by atoms with E-state index in [2.05, 4.69) is 13.8 Å². The molecule has 1 aromatic carbocycles. The standard InChI is InChI=1S/C15H22N2O2/c1-4-19-14-6-5-12(8-13(14)16)15(18)17-9-10(2)7-11(17)3/h5-6,8,10-11H,4,7,9,16H2,1-3H3. The molecule has 2 unspecified atom stereocenters. The quantitative estimate of drug-likeness (QED) is 0.852. The van der Waals surface area contributed by atoms with Crippen molar-refractivity contribution in [1.29, 1.82) is 0 Å². The van der Waals surface area contributed by atoms with Crippen LogP contribution in [-0.4, -0.2) is 30.0 Å². The lowest BCUT2D eigenvalue weighted by molar-refractivity contribution is 0.0744. The second-order valence-corrected chi connectivity index (χ2v) is 5.33. The maximum atomic E-state index is 12.5. The van der Waals surface area contributed by atoms with E-state index >= 15 is 0 Å². The monoisotopic (exact) mass is 262 g/mol. The predicted molar refractivity (Wildman–Crippen MR) is 76.3 cm³/mol. The minimum absolute atomic E-state index is 0.0617. The molecule has 0 spiro atoms. The van der Waals surface area contributed by atoms with Crippen molar-refractivity contribution >= 4 is 11.6 Å². The van der Waals surface area contributed by atoms with Crippen LogP contribution in [0.25, 0.3) is 0 Å². The Hall–Kier alpha value is -1.71. The van der Waals surface area contributed by atoms with Crippen LogP contribution in [0.4, 0.5) is 5.69 Å². The molecule has 1 heterocycles. The first-order chi connectivity index (χ1) is 9.02. The molecule has 0 radical (unpaired) electrons. The summed E-state index contributed by atoms with van der Waals surface area (Å²) in [5, 5.41) is 0. The number of ether oxygens (including phenoxy) is 1. The summed E-state index contributed by atoms with van der Waals surface area (Å²) in [6, 6.07) is 5.58. The van der Waals surface area contributed by atoms with E-state index in [0.717, 1.165) is 13.0 Å². The molecular weight excluding hydrogens is 240 g/mol. The van der Waals surface area contributed by atoms with Gasteiger partial charge in [-0.15, -0.1) is 0 Å². The average Bonchev–Trinajstić information content (AvgIpc) is 2.70. The van der Waals surface area contributed by atoms with E-state index in [1.165, 1.54) is 0 Å². The minimum Gasteiger partial charge on any atom is -0.492 e. The Morgan fingerprint density at radius 3 is 2.74 bits per heavy atom. The van der Waals surface area contributed by atoms with E-state index < -0.39 is 0 Å². The number of benzene rings is 1. The Bertz CT molecular complexity index is 473. The first kappa shape index (κ1) is 13.7. The molecular formula is C15H22N2O2. The molecule has 2 rings (SSSR count). The van der Waals surface area contributed by atoms with Crippen molar-refractivity contribution in [2.45, 2.75) is 33.2 Å². The van der Waals surface area contributed by atoms with Crippen molar-refractivity contribution in [2.75, 3.05) is 18.9 Å². The maximum absolute atomic E-state index is 12.5. The minimum atomic E-state index is 0.0617. The summed E-state index contributed by atoms with van der Waals surface area (Å²) in [5.41, 5.74) is 7.07. The number of anilines is 1. The van der Waals surface area contributed by atoms with Crippen LogP contribution < -0.4 is 10.5 Å². The Kier molecular flexibility index (Phi) is 3.98. The number of nitrogens with two attached hydrogens (primary N) is 1. The molecule has 2 N–H and O–H groups in total. The predicted octanol–water partition coefficient (Wildman–Crippen LogP) is 2.54. The van der Waals surface area contributed by atoms with E-state index in [1.54, 1.807) is 18.2 Å². The van der Waals surface area contributed by atoms with Gasteiger partial charge in [0, 0.05) is 18.2 Å².